The molecule has 0 saturated carbocycles. The molecule has 2 aromatic rings. The van der Waals surface area contributed by atoms with E-state index < -0.39 is 33.1 Å². The van der Waals surface area contributed by atoms with Crippen LogP contribution in [0.1, 0.15) is 0 Å². The van der Waals surface area contributed by atoms with Gasteiger partial charge in [0.05, 0.1) is 0 Å². The lowest BCUT2D eigenvalue weighted by Crippen LogP contribution is -2.36. The summed E-state index contributed by atoms with van der Waals surface area (Å²) in [5, 5.41) is 31.7. The summed E-state index contributed by atoms with van der Waals surface area (Å²) in [5.41, 5.74) is 9.99. The number of nitrogens with two attached hydrogens (primary N) is 2. The van der Waals surface area contributed by atoms with Crippen molar-refractivity contribution in [3.05, 3.63) is 61.8 Å². The standard InChI is InChI=1S/C6H6.C4H4N6O5/c1-2-4-6-5-3-1;5-1-3(9(12)13)7-4(10(14)15)2(6)8(1)11/h1-6H;5-6H2. The fraction of sp³-hybridized carbons (Fsp3) is 0. The molecule has 11 nitrogen and oxygen atoms in total. The van der Waals surface area contributed by atoms with Gasteiger partial charge in [0.15, 0.2) is 0 Å². The molecule has 1 aromatic heterocycles. The third-order valence-corrected chi connectivity index (χ3v) is 2.12. The zero-order valence-corrected chi connectivity index (χ0v) is 10.4. The predicted octanol–water partition coefficient (Wildman–Crippen LogP) is 0.382. The molecule has 1 aromatic carbocycles. The van der Waals surface area contributed by atoms with Gasteiger partial charge in [-0.1, -0.05) is 36.4 Å². The van der Waals surface area contributed by atoms with Gasteiger partial charge in [-0.15, -0.1) is 0 Å². The molecule has 0 fully saturated rings. The van der Waals surface area contributed by atoms with E-state index in [2.05, 4.69) is 4.98 Å². The van der Waals surface area contributed by atoms with Crippen molar-refractivity contribution in [1.29, 1.82) is 0 Å². The highest BCUT2D eigenvalue weighted by Crippen LogP contribution is 2.22. The van der Waals surface area contributed by atoms with Crippen LogP contribution in [0, 0.1) is 25.4 Å². The van der Waals surface area contributed by atoms with Crippen molar-refractivity contribution >= 4 is 23.3 Å². The molecule has 0 aliphatic carbocycles. The van der Waals surface area contributed by atoms with Gasteiger partial charge in [-0.05, 0) is 9.85 Å². The van der Waals surface area contributed by atoms with Crippen LogP contribution in [0.25, 0.3) is 0 Å². The van der Waals surface area contributed by atoms with E-state index in [1.807, 2.05) is 36.4 Å². The Bertz CT molecular complexity index is 598. The highest BCUT2D eigenvalue weighted by molar-refractivity contribution is 5.52. The minimum Gasteiger partial charge on any atom is -0.739 e. The fourth-order valence-electron chi connectivity index (χ4n) is 1.18. The Hall–Kier alpha value is -3.50. The van der Waals surface area contributed by atoms with E-state index >= 15 is 0 Å². The number of nitrogen functional groups attached to an aromatic ring is 2. The fourth-order valence-corrected chi connectivity index (χ4v) is 1.18. The number of nitrogens with zero attached hydrogens (tertiary/aromatic N) is 4. The van der Waals surface area contributed by atoms with Gasteiger partial charge in [-0.3, -0.25) is 0 Å². The molecular weight excluding hydrogens is 284 g/mol. The van der Waals surface area contributed by atoms with Crippen LogP contribution in [0.3, 0.4) is 0 Å². The van der Waals surface area contributed by atoms with Gasteiger partial charge >= 0.3 is 23.3 Å². The lowest BCUT2D eigenvalue weighted by Gasteiger charge is -2.08. The summed E-state index contributed by atoms with van der Waals surface area (Å²) >= 11 is 0. The van der Waals surface area contributed by atoms with Crippen LogP contribution in [-0.4, -0.2) is 14.8 Å². The molecule has 11 heteroatoms. The number of hydrogen-bond acceptors (Lipinski definition) is 8. The van der Waals surface area contributed by atoms with Crippen molar-refractivity contribution in [2.75, 3.05) is 11.5 Å². The van der Waals surface area contributed by atoms with Gasteiger partial charge < -0.3 is 36.9 Å². The lowest BCUT2D eigenvalue weighted by molar-refractivity contribution is -0.584. The number of aromatic nitrogens is 2. The summed E-state index contributed by atoms with van der Waals surface area (Å²) in [4.78, 5) is 21.3. The summed E-state index contributed by atoms with van der Waals surface area (Å²) in [6.07, 6.45) is 0. The number of benzene rings is 1. The summed E-state index contributed by atoms with van der Waals surface area (Å²) in [7, 11) is 0. The molecule has 2 rings (SSSR count). The van der Waals surface area contributed by atoms with Crippen LogP contribution in [0.2, 0.25) is 0 Å². The maximum atomic E-state index is 11.0. The first kappa shape index (κ1) is 15.6. The maximum absolute atomic E-state index is 11.0. The Morgan fingerprint density at radius 1 is 0.857 bits per heavy atom. The predicted molar refractivity (Wildman–Crippen MR) is 71.8 cm³/mol. The van der Waals surface area contributed by atoms with Crippen LogP contribution in [0.4, 0.5) is 23.3 Å². The van der Waals surface area contributed by atoms with Crippen LogP contribution in [-0.2, 0) is 0 Å². The van der Waals surface area contributed by atoms with E-state index in [4.69, 9.17) is 11.5 Å². The van der Waals surface area contributed by atoms with Crippen molar-refractivity contribution in [2.24, 2.45) is 0 Å². The first-order chi connectivity index (χ1) is 9.86. The van der Waals surface area contributed by atoms with E-state index in [0.29, 0.717) is 0 Å². The third-order valence-electron chi connectivity index (χ3n) is 2.12. The summed E-state index contributed by atoms with van der Waals surface area (Å²) < 4.78 is -0.316. The van der Waals surface area contributed by atoms with Crippen LogP contribution >= 0.6 is 0 Å². The first-order valence-electron chi connectivity index (χ1n) is 5.33. The minimum atomic E-state index is -1.11. The average Bonchev–Trinajstić information content (AvgIpc) is 2.46. The van der Waals surface area contributed by atoms with Crippen LogP contribution in [0.5, 0.6) is 0 Å². The molecule has 1 heterocycles. The van der Waals surface area contributed by atoms with Gasteiger partial charge in [0.1, 0.15) is 0 Å². The van der Waals surface area contributed by atoms with Crippen LogP contribution in [0.15, 0.2) is 36.4 Å². The Kier molecular flexibility index (Phi) is 4.89. The first-order valence-corrected chi connectivity index (χ1v) is 5.33. The third kappa shape index (κ3) is 3.73. The molecule has 0 unspecified atom stereocenters. The molecule has 110 valence electrons. The molecule has 0 spiro atoms. The monoisotopic (exact) mass is 294 g/mol. The SMILES string of the molecule is Nc1c([N+](=O)[O-])nc([N+](=O)[O-])c(N)[n+]1[O-].c1ccccc1. The average molecular weight is 294 g/mol. The molecule has 0 amide bonds. The zero-order valence-electron chi connectivity index (χ0n) is 10.4. The van der Waals surface area contributed by atoms with Gasteiger partial charge in [0, 0.05) is 4.98 Å². The second-order valence-electron chi connectivity index (χ2n) is 3.49. The second-order valence-corrected chi connectivity index (χ2v) is 3.49. The Morgan fingerprint density at radius 3 is 1.38 bits per heavy atom. The van der Waals surface area contributed by atoms with Gasteiger partial charge in [-0.25, -0.2) is 4.73 Å². The largest absolute Gasteiger partial charge is 0.739 e. The Morgan fingerprint density at radius 2 is 1.14 bits per heavy atom. The van der Waals surface area contributed by atoms with E-state index in [1.54, 1.807) is 0 Å². The normalized spacial score (nSPS) is 9.33. The van der Waals surface area contributed by atoms with E-state index in [0.717, 1.165) is 0 Å². The number of rotatable bonds is 2. The lowest BCUT2D eigenvalue weighted by atomic mass is 10.4. The number of hydrogen-bond donors (Lipinski definition) is 2. The molecule has 0 saturated heterocycles. The number of nitro groups is 2. The smallest absolute Gasteiger partial charge is 0.441 e. The minimum absolute atomic E-state index is 0.316. The van der Waals surface area contributed by atoms with Crippen molar-refractivity contribution in [2.45, 2.75) is 0 Å². The summed E-state index contributed by atoms with van der Waals surface area (Å²) in [5.74, 6) is -4.01. The molecule has 0 aliphatic heterocycles. The van der Waals surface area contributed by atoms with Crippen molar-refractivity contribution < 1.29 is 14.6 Å². The molecule has 21 heavy (non-hydrogen) atoms. The Labute approximate surface area is 117 Å². The van der Waals surface area contributed by atoms with Crippen molar-refractivity contribution in [3.63, 3.8) is 0 Å². The quantitative estimate of drug-likeness (QED) is 0.345. The molecule has 0 aliphatic rings. The molecule has 0 radical (unpaired) electrons. The molecular formula is C10H10N6O5. The van der Waals surface area contributed by atoms with Gasteiger partial charge in [-0.2, -0.15) is 0 Å². The van der Waals surface area contributed by atoms with Crippen molar-refractivity contribution in [1.82, 2.24) is 4.98 Å². The second kappa shape index (κ2) is 6.60. The number of anilines is 2. The van der Waals surface area contributed by atoms with E-state index in [1.165, 1.54) is 0 Å². The topological polar surface area (TPSA) is 178 Å². The molecule has 0 atom stereocenters. The molecule has 4 N–H and O–H groups in total. The van der Waals surface area contributed by atoms with Gasteiger partial charge in [0.25, 0.3) is 0 Å². The van der Waals surface area contributed by atoms with Gasteiger partial charge in [0.2, 0.25) is 0 Å². The maximum Gasteiger partial charge on any atom is 0.441 e. The summed E-state index contributed by atoms with van der Waals surface area (Å²) in [6.45, 7) is 0. The van der Waals surface area contributed by atoms with Crippen LogP contribution < -0.4 is 16.2 Å². The van der Waals surface area contributed by atoms with Crippen molar-refractivity contribution in [3.8, 4) is 0 Å². The Balaban J connectivity index is 0.000000304. The van der Waals surface area contributed by atoms with E-state index in [-0.39, 0.29) is 4.73 Å². The van der Waals surface area contributed by atoms with E-state index in [9.17, 15) is 25.4 Å². The zero-order chi connectivity index (χ0) is 16.0. The molecule has 0 bridgehead atoms. The summed E-state index contributed by atoms with van der Waals surface area (Å²) in [6, 6.07) is 12.0. The highest BCUT2D eigenvalue weighted by Gasteiger charge is 2.30. The highest BCUT2D eigenvalue weighted by atomic mass is 16.6.